The highest BCUT2D eigenvalue weighted by atomic mass is 19.4. The van der Waals surface area contributed by atoms with Crippen molar-refractivity contribution in [1.29, 1.82) is 0 Å². The van der Waals surface area contributed by atoms with Gasteiger partial charge in [0.2, 0.25) is 0 Å². The summed E-state index contributed by atoms with van der Waals surface area (Å²) in [5, 5.41) is 8.60. The van der Waals surface area contributed by atoms with Crippen molar-refractivity contribution in [2.75, 3.05) is 5.32 Å². The van der Waals surface area contributed by atoms with Gasteiger partial charge in [0.1, 0.15) is 5.60 Å². The monoisotopic (exact) mass is 263 g/mol. The molecule has 0 saturated carbocycles. The minimum Gasteiger partial charge on any atom is -0.444 e. The predicted molar refractivity (Wildman–Crippen MR) is 56.9 cm³/mol. The molecular formula is C10H12F3N3O2. The summed E-state index contributed by atoms with van der Waals surface area (Å²) in [7, 11) is 0. The molecule has 1 aromatic heterocycles. The molecule has 1 aromatic rings. The van der Waals surface area contributed by atoms with E-state index in [4.69, 9.17) is 4.74 Å². The molecule has 0 spiro atoms. The summed E-state index contributed by atoms with van der Waals surface area (Å²) in [4.78, 5) is 11.3. The van der Waals surface area contributed by atoms with Gasteiger partial charge in [-0.25, -0.2) is 4.79 Å². The Balaban J connectivity index is 2.77. The lowest BCUT2D eigenvalue weighted by Gasteiger charge is -2.19. The van der Waals surface area contributed by atoms with Crippen LogP contribution in [0, 0.1) is 0 Å². The summed E-state index contributed by atoms with van der Waals surface area (Å²) in [5.41, 5.74) is -1.75. The van der Waals surface area contributed by atoms with Crippen LogP contribution in [-0.4, -0.2) is 21.9 Å². The first-order valence-electron chi connectivity index (χ1n) is 4.98. The Morgan fingerprint density at radius 1 is 1.33 bits per heavy atom. The van der Waals surface area contributed by atoms with E-state index in [0.29, 0.717) is 12.3 Å². The first kappa shape index (κ1) is 14.2. The van der Waals surface area contributed by atoms with Crippen molar-refractivity contribution in [2.24, 2.45) is 0 Å². The zero-order valence-electron chi connectivity index (χ0n) is 10.00. The largest absolute Gasteiger partial charge is 0.444 e. The second-order valence-corrected chi connectivity index (χ2v) is 4.45. The first-order chi connectivity index (χ1) is 8.08. The Morgan fingerprint density at radius 3 is 2.44 bits per heavy atom. The molecule has 0 unspecified atom stereocenters. The van der Waals surface area contributed by atoms with Crippen molar-refractivity contribution in [3.8, 4) is 0 Å². The van der Waals surface area contributed by atoms with E-state index >= 15 is 0 Å². The molecule has 0 aromatic carbocycles. The highest BCUT2D eigenvalue weighted by Crippen LogP contribution is 2.29. The second kappa shape index (κ2) is 4.79. The number of hydrogen-bond acceptors (Lipinski definition) is 4. The molecule has 0 radical (unpaired) electrons. The van der Waals surface area contributed by atoms with Crippen LogP contribution in [-0.2, 0) is 10.9 Å². The van der Waals surface area contributed by atoms with Crippen molar-refractivity contribution in [1.82, 2.24) is 10.2 Å². The molecule has 1 N–H and O–H groups in total. The third-order valence-corrected chi connectivity index (χ3v) is 1.61. The predicted octanol–water partition coefficient (Wildman–Crippen LogP) is 2.84. The van der Waals surface area contributed by atoms with Gasteiger partial charge in [-0.15, -0.1) is 5.10 Å². The van der Waals surface area contributed by atoms with Crippen molar-refractivity contribution in [3.05, 3.63) is 17.8 Å². The Hall–Kier alpha value is -1.86. The second-order valence-electron chi connectivity index (χ2n) is 4.45. The number of rotatable bonds is 1. The lowest BCUT2D eigenvalue weighted by molar-refractivity contribution is -0.137. The molecule has 0 bridgehead atoms. The quantitative estimate of drug-likeness (QED) is 0.846. The van der Waals surface area contributed by atoms with Gasteiger partial charge in [0.15, 0.2) is 5.82 Å². The van der Waals surface area contributed by atoms with Gasteiger partial charge < -0.3 is 4.74 Å². The zero-order valence-corrected chi connectivity index (χ0v) is 10.00. The summed E-state index contributed by atoms with van der Waals surface area (Å²) in [6.45, 7) is 4.89. The molecule has 18 heavy (non-hydrogen) atoms. The van der Waals surface area contributed by atoms with Crippen LogP contribution in [0.15, 0.2) is 12.3 Å². The number of aromatic nitrogens is 2. The standard InChI is InChI=1S/C10H12F3N3O2/c1-9(2,3)18-8(17)15-7-4-6(5-14-16-7)10(11,12)13/h4-5H,1-3H3,(H,15,16,17). The molecule has 8 heteroatoms. The Labute approximate surface area is 101 Å². The molecule has 0 aliphatic heterocycles. The van der Waals surface area contributed by atoms with Gasteiger partial charge in [-0.2, -0.15) is 18.3 Å². The van der Waals surface area contributed by atoms with E-state index in [1.165, 1.54) is 0 Å². The van der Waals surface area contributed by atoms with E-state index in [0.717, 1.165) is 0 Å². The normalized spacial score (nSPS) is 12.1. The van der Waals surface area contributed by atoms with Crippen molar-refractivity contribution in [3.63, 3.8) is 0 Å². The molecule has 0 atom stereocenters. The number of amides is 1. The summed E-state index contributed by atoms with van der Waals surface area (Å²) < 4.78 is 42.0. The van der Waals surface area contributed by atoms with E-state index in [1.807, 2.05) is 0 Å². The molecule has 0 aliphatic rings. The van der Waals surface area contributed by atoms with E-state index < -0.39 is 23.4 Å². The average Bonchev–Trinajstić information content (AvgIpc) is 2.13. The lowest BCUT2D eigenvalue weighted by Crippen LogP contribution is -2.27. The van der Waals surface area contributed by atoms with Crippen LogP contribution in [0.1, 0.15) is 26.3 Å². The van der Waals surface area contributed by atoms with E-state index in [-0.39, 0.29) is 5.82 Å². The van der Waals surface area contributed by atoms with Gasteiger partial charge in [0, 0.05) is 0 Å². The molecule has 5 nitrogen and oxygen atoms in total. The number of hydrogen-bond donors (Lipinski definition) is 1. The van der Waals surface area contributed by atoms with Crippen LogP contribution in [0.3, 0.4) is 0 Å². The SMILES string of the molecule is CC(C)(C)OC(=O)Nc1cc(C(F)(F)F)cnn1. The van der Waals surface area contributed by atoms with Gasteiger partial charge in [-0.1, -0.05) is 0 Å². The van der Waals surface area contributed by atoms with Crippen LogP contribution in [0.25, 0.3) is 0 Å². The average molecular weight is 263 g/mol. The van der Waals surface area contributed by atoms with E-state index in [2.05, 4.69) is 15.5 Å². The Kier molecular flexibility index (Phi) is 3.78. The number of alkyl halides is 3. The fourth-order valence-electron chi connectivity index (χ4n) is 0.991. The zero-order chi connectivity index (χ0) is 14.0. The molecule has 1 heterocycles. The van der Waals surface area contributed by atoms with Gasteiger partial charge in [0.25, 0.3) is 0 Å². The number of anilines is 1. The van der Waals surface area contributed by atoms with Crippen molar-refractivity contribution < 1.29 is 22.7 Å². The number of nitrogens with zero attached hydrogens (tertiary/aromatic N) is 2. The van der Waals surface area contributed by atoms with Gasteiger partial charge in [-0.05, 0) is 26.8 Å². The van der Waals surface area contributed by atoms with Crippen LogP contribution in [0.4, 0.5) is 23.8 Å². The number of nitrogens with one attached hydrogen (secondary N) is 1. The third kappa shape index (κ3) is 4.56. The number of halogens is 3. The maximum absolute atomic E-state index is 12.4. The minimum atomic E-state index is -4.54. The summed E-state index contributed by atoms with van der Waals surface area (Å²) >= 11 is 0. The van der Waals surface area contributed by atoms with Crippen molar-refractivity contribution in [2.45, 2.75) is 32.5 Å². The van der Waals surface area contributed by atoms with E-state index in [1.54, 1.807) is 20.8 Å². The van der Waals surface area contributed by atoms with Crippen LogP contribution < -0.4 is 5.32 Å². The highest BCUT2D eigenvalue weighted by Gasteiger charge is 2.31. The van der Waals surface area contributed by atoms with Crippen LogP contribution in [0.2, 0.25) is 0 Å². The number of ether oxygens (including phenoxy) is 1. The molecule has 0 saturated heterocycles. The smallest absolute Gasteiger partial charge is 0.418 e. The molecular weight excluding hydrogens is 251 g/mol. The Bertz CT molecular complexity index is 441. The summed E-state index contributed by atoms with van der Waals surface area (Å²) in [5.74, 6) is -0.320. The van der Waals surface area contributed by atoms with E-state index in [9.17, 15) is 18.0 Å². The van der Waals surface area contributed by atoms with Crippen molar-refractivity contribution >= 4 is 11.9 Å². The lowest BCUT2D eigenvalue weighted by atomic mass is 10.2. The van der Waals surface area contributed by atoms with Gasteiger partial charge in [-0.3, -0.25) is 5.32 Å². The maximum atomic E-state index is 12.4. The summed E-state index contributed by atoms with van der Waals surface area (Å²) in [6.07, 6.45) is -4.86. The number of carbonyl (C=O) groups is 1. The molecule has 0 fully saturated rings. The van der Waals surface area contributed by atoms with Crippen LogP contribution in [0.5, 0.6) is 0 Å². The fourth-order valence-corrected chi connectivity index (χ4v) is 0.991. The molecule has 1 amide bonds. The van der Waals surface area contributed by atoms with Crippen LogP contribution >= 0.6 is 0 Å². The summed E-state index contributed by atoms with van der Waals surface area (Å²) in [6, 6.07) is 0.677. The fraction of sp³-hybridized carbons (Fsp3) is 0.500. The first-order valence-corrected chi connectivity index (χ1v) is 4.98. The molecule has 0 aliphatic carbocycles. The number of carbonyl (C=O) groups excluding carboxylic acids is 1. The maximum Gasteiger partial charge on any atom is 0.418 e. The molecule has 100 valence electrons. The molecule has 1 rings (SSSR count). The van der Waals surface area contributed by atoms with Gasteiger partial charge in [0.05, 0.1) is 11.8 Å². The minimum absolute atomic E-state index is 0.320. The Morgan fingerprint density at radius 2 is 1.94 bits per heavy atom. The topological polar surface area (TPSA) is 64.1 Å². The third-order valence-electron chi connectivity index (χ3n) is 1.61. The highest BCUT2D eigenvalue weighted by molar-refractivity contribution is 5.83. The van der Waals surface area contributed by atoms with Gasteiger partial charge >= 0.3 is 12.3 Å².